The maximum absolute atomic E-state index is 3.98. The van der Waals surface area contributed by atoms with Gasteiger partial charge in [-0.15, -0.1) is 0 Å². The molecule has 1 aliphatic heterocycles. The largest absolute Gasteiger partial charge is 0.378 e. The molecule has 0 aromatic carbocycles. The van der Waals surface area contributed by atoms with E-state index in [4.69, 9.17) is 0 Å². The van der Waals surface area contributed by atoms with Crippen LogP contribution in [-0.4, -0.2) is 18.5 Å². The van der Waals surface area contributed by atoms with Gasteiger partial charge in [-0.25, -0.2) is 0 Å². The molecule has 0 radical (unpaired) electrons. The van der Waals surface area contributed by atoms with Crippen molar-refractivity contribution in [2.24, 2.45) is 0 Å². The summed E-state index contributed by atoms with van der Waals surface area (Å²) in [7, 11) is 2.13. The van der Waals surface area contributed by atoms with E-state index in [9.17, 15) is 0 Å². The first-order valence-electron chi connectivity index (χ1n) is 5.69. The molecular formula is C12H27N. The minimum absolute atomic E-state index is 1.20. The summed E-state index contributed by atoms with van der Waals surface area (Å²) in [6, 6.07) is 0. The van der Waals surface area contributed by atoms with E-state index in [2.05, 4.69) is 18.5 Å². The third kappa shape index (κ3) is 7.89. The monoisotopic (exact) mass is 185 g/mol. The SMILES string of the molecule is C=C1CCCCCN1C.CC.CC. The van der Waals surface area contributed by atoms with Crippen LogP contribution in [0.25, 0.3) is 0 Å². The minimum Gasteiger partial charge on any atom is -0.378 e. The van der Waals surface area contributed by atoms with Crippen LogP contribution in [0.3, 0.4) is 0 Å². The number of rotatable bonds is 0. The van der Waals surface area contributed by atoms with Gasteiger partial charge < -0.3 is 4.90 Å². The Morgan fingerprint density at radius 2 is 1.54 bits per heavy atom. The lowest BCUT2D eigenvalue weighted by atomic mass is 10.2. The standard InChI is InChI=1S/C8H15N.2C2H6/c1-8-6-4-3-5-7-9(8)2;2*1-2/h1,3-7H2,2H3;2*1-2H3. The molecule has 0 spiro atoms. The highest BCUT2D eigenvalue weighted by atomic mass is 15.1. The molecule has 1 saturated heterocycles. The molecule has 1 heteroatoms. The molecule has 80 valence electrons. The van der Waals surface area contributed by atoms with Gasteiger partial charge in [0.2, 0.25) is 0 Å². The number of hydrogen-bond acceptors (Lipinski definition) is 1. The highest BCUT2D eigenvalue weighted by Gasteiger charge is 2.05. The van der Waals surface area contributed by atoms with Gasteiger partial charge in [-0.05, 0) is 19.3 Å². The van der Waals surface area contributed by atoms with E-state index in [1.807, 2.05) is 27.7 Å². The van der Waals surface area contributed by atoms with Crippen molar-refractivity contribution in [1.82, 2.24) is 4.90 Å². The molecule has 0 aromatic heterocycles. The second-order valence-corrected chi connectivity index (χ2v) is 2.80. The summed E-state index contributed by atoms with van der Waals surface area (Å²) in [6.45, 7) is 13.2. The Morgan fingerprint density at radius 1 is 1.00 bits per heavy atom. The average Bonchev–Trinajstić information content (AvgIpc) is 2.39. The van der Waals surface area contributed by atoms with Crippen molar-refractivity contribution in [1.29, 1.82) is 0 Å². The molecule has 1 nitrogen and oxygen atoms in total. The first-order chi connectivity index (χ1) is 6.30. The molecule has 1 heterocycles. The zero-order valence-electron chi connectivity index (χ0n) is 10.2. The Balaban J connectivity index is 0. The second-order valence-electron chi connectivity index (χ2n) is 2.80. The van der Waals surface area contributed by atoms with Crippen LogP contribution in [0.4, 0.5) is 0 Å². The quantitative estimate of drug-likeness (QED) is 0.550. The van der Waals surface area contributed by atoms with Crippen LogP contribution in [0.1, 0.15) is 53.4 Å². The normalized spacial score (nSPS) is 16.1. The van der Waals surface area contributed by atoms with Crippen molar-refractivity contribution in [3.63, 3.8) is 0 Å². The summed E-state index contributed by atoms with van der Waals surface area (Å²) in [5.41, 5.74) is 1.31. The molecular weight excluding hydrogens is 158 g/mol. The molecule has 1 aliphatic rings. The zero-order chi connectivity index (χ0) is 10.7. The Hall–Kier alpha value is -0.460. The van der Waals surface area contributed by atoms with E-state index >= 15 is 0 Å². The van der Waals surface area contributed by atoms with Crippen LogP contribution in [-0.2, 0) is 0 Å². The highest BCUT2D eigenvalue weighted by Crippen LogP contribution is 2.15. The van der Waals surface area contributed by atoms with Gasteiger partial charge in [-0.2, -0.15) is 0 Å². The van der Waals surface area contributed by atoms with Gasteiger partial charge in [0.1, 0.15) is 0 Å². The van der Waals surface area contributed by atoms with Crippen molar-refractivity contribution in [3.05, 3.63) is 12.3 Å². The van der Waals surface area contributed by atoms with Gasteiger partial charge in [0.05, 0.1) is 0 Å². The molecule has 0 saturated carbocycles. The Morgan fingerprint density at radius 3 is 2.08 bits per heavy atom. The van der Waals surface area contributed by atoms with E-state index in [1.165, 1.54) is 37.9 Å². The fraction of sp³-hybridized carbons (Fsp3) is 0.833. The zero-order valence-corrected chi connectivity index (χ0v) is 10.2. The van der Waals surface area contributed by atoms with Crippen molar-refractivity contribution in [2.75, 3.05) is 13.6 Å². The maximum atomic E-state index is 3.98. The van der Waals surface area contributed by atoms with E-state index in [0.29, 0.717) is 0 Å². The van der Waals surface area contributed by atoms with E-state index < -0.39 is 0 Å². The van der Waals surface area contributed by atoms with Gasteiger partial charge in [0, 0.05) is 19.3 Å². The van der Waals surface area contributed by atoms with E-state index in [1.54, 1.807) is 0 Å². The lowest BCUT2D eigenvalue weighted by Crippen LogP contribution is -2.15. The maximum Gasteiger partial charge on any atom is 0.0171 e. The molecule has 0 atom stereocenters. The number of hydrogen-bond donors (Lipinski definition) is 0. The first-order valence-corrected chi connectivity index (χ1v) is 5.69. The summed E-state index contributed by atoms with van der Waals surface area (Å²) < 4.78 is 0. The molecule has 0 unspecified atom stereocenters. The van der Waals surface area contributed by atoms with Crippen molar-refractivity contribution in [2.45, 2.75) is 53.4 Å². The van der Waals surface area contributed by atoms with Crippen LogP contribution >= 0.6 is 0 Å². The Kier molecular flexibility index (Phi) is 13.3. The Labute approximate surface area is 84.8 Å². The van der Waals surface area contributed by atoms with E-state index in [-0.39, 0.29) is 0 Å². The summed E-state index contributed by atoms with van der Waals surface area (Å²) in [4.78, 5) is 2.27. The van der Waals surface area contributed by atoms with Gasteiger partial charge in [-0.1, -0.05) is 40.7 Å². The van der Waals surface area contributed by atoms with Gasteiger partial charge >= 0.3 is 0 Å². The third-order valence-corrected chi connectivity index (χ3v) is 2.00. The van der Waals surface area contributed by atoms with E-state index in [0.717, 1.165) is 0 Å². The molecule has 0 aromatic rings. The summed E-state index contributed by atoms with van der Waals surface area (Å²) >= 11 is 0. The fourth-order valence-electron chi connectivity index (χ4n) is 1.20. The second kappa shape index (κ2) is 11.5. The summed E-state index contributed by atoms with van der Waals surface area (Å²) in [5, 5.41) is 0. The Bertz CT molecular complexity index is 108. The lowest BCUT2D eigenvalue weighted by Gasteiger charge is -2.17. The number of likely N-dealkylation sites (tertiary alicyclic amines) is 1. The minimum atomic E-state index is 1.20. The van der Waals surface area contributed by atoms with Crippen molar-refractivity contribution >= 4 is 0 Å². The highest BCUT2D eigenvalue weighted by molar-refractivity contribution is 4.93. The van der Waals surface area contributed by atoms with Crippen molar-refractivity contribution < 1.29 is 0 Å². The van der Waals surface area contributed by atoms with Crippen LogP contribution in [0, 0.1) is 0 Å². The number of allylic oxidation sites excluding steroid dienone is 1. The summed E-state index contributed by atoms with van der Waals surface area (Å²) in [5.74, 6) is 0. The topological polar surface area (TPSA) is 3.24 Å². The molecule has 1 fully saturated rings. The molecule has 0 amide bonds. The van der Waals surface area contributed by atoms with Gasteiger partial charge in [0.15, 0.2) is 0 Å². The van der Waals surface area contributed by atoms with Crippen LogP contribution in [0.5, 0.6) is 0 Å². The van der Waals surface area contributed by atoms with Gasteiger partial charge in [-0.3, -0.25) is 0 Å². The first kappa shape index (κ1) is 15.0. The lowest BCUT2D eigenvalue weighted by molar-refractivity contribution is 0.419. The predicted molar refractivity (Wildman–Crippen MR) is 62.9 cm³/mol. The molecule has 0 bridgehead atoms. The predicted octanol–water partition coefficient (Wildman–Crippen LogP) is 4.06. The number of nitrogens with zero attached hydrogens (tertiary/aromatic N) is 1. The molecule has 13 heavy (non-hydrogen) atoms. The average molecular weight is 185 g/mol. The molecule has 0 N–H and O–H groups in total. The van der Waals surface area contributed by atoms with Crippen LogP contribution in [0.15, 0.2) is 12.3 Å². The summed E-state index contributed by atoms with van der Waals surface area (Å²) in [6.07, 6.45) is 5.26. The molecule has 0 aliphatic carbocycles. The molecule has 1 rings (SSSR count). The fourth-order valence-corrected chi connectivity index (χ4v) is 1.20. The van der Waals surface area contributed by atoms with Crippen molar-refractivity contribution in [3.8, 4) is 0 Å². The third-order valence-electron chi connectivity index (χ3n) is 2.00. The van der Waals surface area contributed by atoms with Crippen LogP contribution < -0.4 is 0 Å². The van der Waals surface area contributed by atoms with Crippen LogP contribution in [0.2, 0.25) is 0 Å². The van der Waals surface area contributed by atoms with Gasteiger partial charge in [0.25, 0.3) is 0 Å². The smallest absolute Gasteiger partial charge is 0.0171 e.